The van der Waals surface area contributed by atoms with Crippen LogP contribution in [-0.2, 0) is 4.74 Å². The highest BCUT2D eigenvalue weighted by molar-refractivity contribution is 5.90. The van der Waals surface area contributed by atoms with Gasteiger partial charge in [0, 0.05) is 18.1 Å². The molecule has 3 N–H and O–H groups in total. The summed E-state index contributed by atoms with van der Waals surface area (Å²) in [6.07, 6.45) is 6.33. The molecule has 2 atom stereocenters. The van der Waals surface area contributed by atoms with Gasteiger partial charge >= 0.3 is 0 Å². The maximum absolute atomic E-state index is 11.0. The minimum Gasteiger partial charge on any atom is -0.378 e. The van der Waals surface area contributed by atoms with Gasteiger partial charge in [0.05, 0.1) is 6.10 Å². The van der Waals surface area contributed by atoms with Gasteiger partial charge in [-0.05, 0) is 38.3 Å². The van der Waals surface area contributed by atoms with Crippen molar-refractivity contribution in [2.45, 2.75) is 51.2 Å². The number of nitrogens with zero attached hydrogens (tertiary/aromatic N) is 2. The highest BCUT2D eigenvalue weighted by Crippen LogP contribution is 2.55. The number of anilines is 1. The average Bonchev–Trinajstić information content (AvgIpc) is 2.99. The highest BCUT2D eigenvalue weighted by Gasteiger charge is 2.56. The van der Waals surface area contributed by atoms with Gasteiger partial charge in [0.1, 0.15) is 5.82 Å². The predicted molar refractivity (Wildman–Crippen MR) is 78.9 cm³/mol. The molecule has 1 heterocycles. The number of aromatic nitrogens is 2. The summed E-state index contributed by atoms with van der Waals surface area (Å²) in [4.78, 5) is 11.0. The van der Waals surface area contributed by atoms with Crippen LogP contribution >= 0.6 is 0 Å². The van der Waals surface area contributed by atoms with E-state index in [1.54, 1.807) is 12.1 Å². The van der Waals surface area contributed by atoms with E-state index in [2.05, 4.69) is 22.4 Å². The Bertz CT molecular complexity index is 511. The van der Waals surface area contributed by atoms with Crippen molar-refractivity contribution in [2.75, 3.05) is 11.9 Å². The van der Waals surface area contributed by atoms with E-state index in [1.807, 2.05) is 0 Å². The molecule has 1 amide bonds. The molecular formula is C15H22N4O2. The smallest absolute Gasteiger partial charge is 0.269 e. The second kappa shape index (κ2) is 5.60. The minimum absolute atomic E-state index is 0.192. The first-order valence-electron chi connectivity index (χ1n) is 7.67. The summed E-state index contributed by atoms with van der Waals surface area (Å²) in [5, 5.41) is 11.3. The van der Waals surface area contributed by atoms with Crippen molar-refractivity contribution in [3.8, 4) is 0 Å². The molecule has 0 bridgehead atoms. The van der Waals surface area contributed by atoms with Crippen LogP contribution in [-0.4, -0.2) is 34.9 Å². The van der Waals surface area contributed by atoms with E-state index >= 15 is 0 Å². The third kappa shape index (κ3) is 2.48. The fourth-order valence-corrected chi connectivity index (χ4v) is 3.81. The molecule has 2 aliphatic rings. The average molecular weight is 290 g/mol. The summed E-state index contributed by atoms with van der Waals surface area (Å²) in [6.45, 7) is 2.82. The quantitative estimate of drug-likeness (QED) is 0.861. The third-order valence-electron chi connectivity index (χ3n) is 4.93. The van der Waals surface area contributed by atoms with Crippen molar-refractivity contribution < 1.29 is 9.53 Å². The van der Waals surface area contributed by atoms with Crippen molar-refractivity contribution in [3.63, 3.8) is 0 Å². The van der Waals surface area contributed by atoms with Crippen LogP contribution in [0.15, 0.2) is 12.1 Å². The number of hydrogen-bond acceptors (Lipinski definition) is 5. The van der Waals surface area contributed by atoms with Crippen LogP contribution in [0.25, 0.3) is 0 Å². The number of carbonyl (C=O) groups is 1. The van der Waals surface area contributed by atoms with E-state index in [0.717, 1.165) is 13.0 Å². The van der Waals surface area contributed by atoms with Gasteiger partial charge in [-0.3, -0.25) is 4.79 Å². The minimum atomic E-state index is -0.554. The molecule has 0 radical (unpaired) electrons. The Labute approximate surface area is 124 Å². The Morgan fingerprint density at radius 2 is 2.19 bits per heavy atom. The van der Waals surface area contributed by atoms with Gasteiger partial charge in [-0.1, -0.05) is 12.8 Å². The van der Waals surface area contributed by atoms with E-state index in [4.69, 9.17) is 10.5 Å². The van der Waals surface area contributed by atoms with Crippen LogP contribution in [0.2, 0.25) is 0 Å². The predicted octanol–water partition coefficient (Wildman–Crippen LogP) is 1.73. The number of amides is 1. The van der Waals surface area contributed by atoms with E-state index < -0.39 is 5.91 Å². The number of nitrogens with two attached hydrogens (primary N) is 1. The summed E-state index contributed by atoms with van der Waals surface area (Å²) >= 11 is 0. The van der Waals surface area contributed by atoms with Gasteiger partial charge in [0.2, 0.25) is 0 Å². The van der Waals surface area contributed by atoms with Crippen LogP contribution < -0.4 is 11.1 Å². The number of ether oxygens (including phenoxy) is 1. The monoisotopic (exact) mass is 290 g/mol. The molecule has 0 aromatic carbocycles. The van der Waals surface area contributed by atoms with Gasteiger partial charge in [0.15, 0.2) is 5.69 Å². The summed E-state index contributed by atoms with van der Waals surface area (Å²) in [5.41, 5.74) is 5.61. The zero-order valence-electron chi connectivity index (χ0n) is 12.3. The maximum Gasteiger partial charge on any atom is 0.269 e. The number of rotatable bonds is 5. The fourth-order valence-electron chi connectivity index (χ4n) is 3.81. The molecule has 114 valence electrons. The number of carbonyl (C=O) groups excluding carboxylic acids is 1. The molecule has 6 heteroatoms. The summed E-state index contributed by atoms with van der Waals surface area (Å²) in [5.74, 6) is 0.146. The first-order valence-corrected chi connectivity index (χ1v) is 7.67. The molecule has 3 rings (SSSR count). The van der Waals surface area contributed by atoms with Crippen molar-refractivity contribution in [2.24, 2.45) is 11.1 Å². The van der Waals surface area contributed by atoms with Crippen LogP contribution in [0.1, 0.15) is 49.5 Å². The Morgan fingerprint density at radius 3 is 2.76 bits per heavy atom. The van der Waals surface area contributed by atoms with E-state index in [1.165, 1.54) is 25.7 Å². The lowest BCUT2D eigenvalue weighted by molar-refractivity contribution is -0.114. The molecule has 1 aromatic rings. The maximum atomic E-state index is 11.0. The molecule has 2 fully saturated rings. The highest BCUT2D eigenvalue weighted by atomic mass is 16.5. The summed E-state index contributed by atoms with van der Waals surface area (Å²) < 4.78 is 5.90. The van der Waals surface area contributed by atoms with Gasteiger partial charge in [-0.25, -0.2) is 0 Å². The Kier molecular flexibility index (Phi) is 3.80. The lowest BCUT2D eigenvalue weighted by Crippen LogP contribution is -2.60. The molecule has 0 aliphatic heterocycles. The lowest BCUT2D eigenvalue weighted by atomic mass is 9.60. The molecule has 2 unspecified atom stereocenters. The number of primary amides is 1. The van der Waals surface area contributed by atoms with Crippen LogP contribution in [0.4, 0.5) is 5.82 Å². The van der Waals surface area contributed by atoms with E-state index in [0.29, 0.717) is 18.0 Å². The fraction of sp³-hybridized carbons (Fsp3) is 0.667. The number of hydrogen-bond donors (Lipinski definition) is 2. The largest absolute Gasteiger partial charge is 0.378 e. The first-order chi connectivity index (χ1) is 10.2. The second-order valence-electron chi connectivity index (χ2n) is 5.98. The number of nitrogens with one attached hydrogen (secondary N) is 1. The van der Waals surface area contributed by atoms with Crippen LogP contribution in [0.5, 0.6) is 0 Å². The van der Waals surface area contributed by atoms with Crippen molar-refractivity contribution in [1.82, 2.24) is 10.2 Å². The van der Waals surface area contributed by atoms with Crippen LogP contribution in [0.3, 0.4) is 0 Å². The molecule has 1 aromatic heterocycles. The normalized spacial score (nSPS) is 26.5. The standard InChI is InChI=1S/C15H22N4O2/c1-2-21-12-9-11(15(12)7-3-4-8-15)17-13-6-5-10(14(16)20)18-19-13/h5-6,11-12H,2-4,7-9H2,1H3,(H2,16,20)(H,17,19). The summed E-state index contributed by atoms with van der Waals surface area (Å²) in [7, 11) is 0. The Balaban J connectivity index is 1.69. The summed E-state index contributed by atoms with van der Waals surface area (Å²) in [6, 6.07) is 3.76. The lowest BCUT2D eigenvalue weighted by Gasteiger charge is -2.54. The zero-order chi connectivity index (χ0) is 14.9. The third-order valence-corrected chi connectivity index (χ3v) is 4.93. The van der Waals surface area contributed by atoms with Gasteiger partial charge in [-0.15, -0.1) is 10.2 Å². The Morgan fingerprint density at radius 1 is 1.43 bits per heavy atom. The van der Waals surface area contributed by atoms with Gasteiger partial charge in [-0.2, -0.15) is 0 Å². The molecule has 2 saturated carbocycles. The SMILES string of the molecule is CCOC1CC(Nc2ccc(C(N)=O)nn2)C12CCCC2. The molecule has 6 nitrogen and oxygen atoms in total. The first kappa shape index (κ1) is 14.3. The van der Waals surface area contributed by atoms with Crippen molar-refractivity contribution in [3.05, 3.63) is 17.8 Å². The molecule has 0 saturated heterocycles. The second-order valence-corrected chi connectivity index (χ2v) is 5.98. The Hall–Kier alpha value is -1.69. The van der Waals surface area contributed by atoms with Crippen LogP contribution in [0, 0.1) is 5.41 Å². The van der Waals surface area contributed by atoms with Gasteiger partial charge in [0.25, 0.3) is 5.91 Å². The van der Waals surface area contributed by atoms with E-state index in [9.17, 15) is 4.79 Å². The topological polar surface area (TPSA) is 90.1 Å². The van der Waals surface area contributed by atoms with Crippen molar-refractivity contribution >= 4 is 11.7 Å². The zero-order valence-corrected chi connectivity index (χ0v) is 12.3. The molecule has 21 heavy (non-hydrogen) atoms. The molecule has 1 spiro atoms. The van der Waals surface area contributed by atoms with Gasteiger partial charge < -0.3 is 15.8 Å². The molecular weight excluding hydrogens is 268 g/mol. The van der Waals surface area contributed by atoms with Crippen molar-refractivity contribution in [1.29, 1.82) is 0 Å². The van der Waals surface area contributed by atoms with E-state index in [-0.39, 0.29) is 11.1 Å². The molecule has 2 aliphatic carbocycles.